The predicted octanol–water partition coefficient (Wildman–Crippen LogP) is 0.580. The fraction of sp³-hybridized carbons (Fsp3) is 0.300. The van der Waals surface area contributed by atoms with E-state index in [1.54, 1.807) is 0 Å². The molecule has 0 aliphatic heterocycles. The zero-order chi connectivity index (χ0) is 10.6. The van der Waals surface area contributed by atoms with Gasteiger partial charge in [-0.05, 0) is 18.2 Å². The van der Waals surface area contributed by atoms with Gasteiger partial charge in [0.15, 0.2) is 0 Å². The number of carbonyl (C=O) groups is 1. The number of hydrogen-bond donors (Lipinski definition) is 2. The quantitative estimate of drug-likeness (QED) is 0.687. The van der Waals surface area contributed by atoms with Crippen molar-refractivity contribution in [2.75, 3.05) is 24.2 Å². The van der Waals surface area contributed by atoms with Crippen LogP contribution in [0.1, 0.15) is 6.42 Å². The Morgan fingerprint density at radius 1 is 1.50 bits per heavy atom. The van der Waals surface area contributed by atoms with Gasteiger partial charge in [0.25, 0.3) is 0 Å². The molecule has 0 bridgehead atoms. The Morgan fingerprint density at radius 2 is 2.21 bits per heavy atom. The molecule has 1 aromatic rings. The highest BCUT2D eigenvalue weighted by molar-refractivity contribution is 5.74. The zero-order valence-electron chi connectivity index (χ0n) is 8.23. The average molecular weight is 193 g/mol. The van der Waals surface area contributed by atoms with Crippen molar-refractivity contribution in [3.05, 3.63) is 24.3 Å². The second kappa shape index (κ2) is 4.50. The van der Waals surface area contributed by atoms with Gasteiger partial charge >= 0.3 is 0 Å². The molecule has 0 saturated heterocycles. The highest BCUT2D eigenvalue weighted by Crippen LogP contribution is 2.15. The van der Waals surface area contributed by atoms with Crippen molar-refractivity contribution in [1.29, 1.82) is 0 Å². The molecule has 0 unspecified atom stereocenters. The molecular weight excluding hydrogens is 178 g/mol. The summed E-state index contributed by atoms with van der Waals surface area (Å²) in [5, 5.41) is 0. The number of amides is 1. The van der Waals surface area contributed by atoms with Crippen LogP contribution in [0.15, 0.2) is 24.3 Å². The maximum atomic E-state index is 10.6. The van der Waals surface area contributed by atoms with Crippen molar-refractivity contribution < 1.29 is 4.79 Å². The van der Waals surface area contributed by atoms with E-state index in [2.05, 4.69) is 0 Å². The standard InChI is InChI=1S/C10H15N3O/c1-13(6-5-10(12)14)9-4-2-3-8(11)7-9/h2-4,7H,5-6,11H2,1H3,(H2,12,14). The molecule has 1 aromatic carbocycles. The van der Waals surface area contributed by atoms with E-state index in [-0.39, 0.29) is 5.91 Å². The summed E-state index contributed by atoms with van der Waals surface area (Å²) >= 11 is 0. The van der Waals surface area contributed by atoms with Crippen LogP contribution in [-0.2, 0) is 4.79 Å². The highest BCUT2D eigenvalue weighted by Gasteiger charge is 2.02. The average Bonchev–Trinajstić information content (AvgIpc) is 2.14. The first-order chi connectivity index (χ1) is 6.59. The molecule has 1 rings (SSSR count). The summed E-state index contributed by atoms with van der Waals surface area (Å²) < 4.78 is 0. The number of nitrogens with two attached hydrogens (primary N) is 2. The molecule has 0 aromatic heterocycles. The molecule has 0 fully saturated rings. The summed E-state index contributed by atoms with van der Waals surface area (Å²) in [6, 6.07) is 7.51. The Bertz CT molecular complexity index is 325. The summed E-state index contributed by atoms with van der Waals surface area (Å²) in [5.41, 5.74) is 12.4. The van der Waals surface area contributed by atoms with E-state index < -0.39 is 0 Å². The second-order valence-corrected chi connectivity index (χ2v) is 3.23. The zero-order valence-corrected chi connectivity index (χ0v) is 8.23. The topological polar surface area (TPSA) is 72.3 Å². The summed E-state index contributed by atoms with van der Waals surface area (Å²) in [6.45, 7) is 0.610. The molecule has 14 heavy (non-hydrogen) atoms. The Balaban J connectivity index is 2.60. The number of carbonyl (C=O) groups excluding carboxylic acids is 1. The van der Waals surface area contributed by atoms with Gasteiger partial charge in [0.1, 0.15) is 0 Å². The first kappa shape index (κ1) is 10.4. The van der Waals surface area contributed by atoms with Crippen LogP contribution >= 0.6 is 0 Å². The summed E-state index contributed by atoms with van der Waals surface area (Å²) in [6.07, 6.45) is 0.352. The Hall–Kier alpha value is -1.71. The van der Waals surface area contributed by atoms with Crippen LogP contribution in [0.3, 0.4) is 0 Å². The number of rotatable bonds is 4. The molecule has 0 aliphatic rings. The number of nitrogen functional groups attached to an aromatic ring is 1. The van der Waals surface area contributed by atoms with Gasteiger partial charge < -0.3 is 16.4 Å². The third-order valence-electron chi connectivity index (χ3n) is 2.00. The number of benzene rings is 1. The fourth-order valence-corrected chi connectivity index (χ4v) is 1.17. The molecule has 4 nitrogen and oxygen atoms in total. The number of nitrogens with zero attached hydrogens (tertiary/aromatic N) is 1. The van der Waals surface area contributed by atoms with Crippen LogP contribution in [0.25, 0.3) is 0 Å². The van der Waals surface area contributed by atoms with E-state index >= 15 is 0 Å². The van der Waals surface area contributed by atoms with Crippen molar-refractivity contribution >= 4 is 17.3 Å². The van der Waals surface area contributed by atoms with Gasteiger partial charge in [-0.2, -0.15) is 0 Å². The van der Waals surface area contributed by atoms with Gasteiger partial charge in [0, 0.05) is 31.4 Å². The van der Waals surface area contributed by atoms with Crippen molar-refractivity contribution in [3.8, 4) is 0 Å². The molecule has 0 saturated carbocycles. The smallest absolute Gasteiger partial charge is 0.219 e. The van der Waals surface area contributed by atoms with Gasteiger partial charge in [-0.25, -0.2) is 0 Å². The van der Waals surface area contributed by atoms with Gasteiger partial charge in [-0.3, -0.25) is 4.79 Å². The van der Waals surface area contributed by atoms with Crippen LogP contribution in [0.4, 0.5) is 11.4 Å². The molecule has 4 N–H and O–H groups in total. The van der Waals surface area contributed by atoms with E-state index in [1.807, 2.05) is 36.2 Å². The molecule has 0 aliphatic carbocycles. The molecule has 0 atom stereocenters. The van der Waals surface area contributed by atoms with Crippen molar-refractivity contribution in [3.63, 3.8) is 0 Å². The molecule has 0 heterocycles. The minimum atomic E-state index is -0.291. The second-order valence-electron chi connectivity index (χ2n) is 3.23. The Morgan fingerprint density at radius 3 is 2.79 bits per heavy atom. The van der Waals surface area contributed by atoms with Crippen LogP contribution in [0.2, 0.25) is 0 Å². The third-order valence-corrected chi connectivity index (χ3v) is 2.00. The lowest BCUT2D eigenvalue weighted by Crippen LogP contribution is -2.24. The number of primary amides is 1. The normalized spacial score (nSPS) is 9.79. The first-order valence-electron chi connectivity index (χ1n) is 4.44. The van der Waals surface area contributed by atoms with E-state index in [9.17, 15) is 4.79 Å². The lowest BCUT2D eigenvalue weighted by atomic mass is 10.2. The molecule has 76 valence electrons. The minimum Gasteiger partial charge on any atom is -0.399 e. The maximum Gasteiger partial charge on any atom is 0.219 e. The van der Waals surface area contributed by atoms with E-state index in [0.29, 0.717) is 18.7 Å². The molecule has 4 heteroatoms. The van der Waals surface area contributed by atoms with Crippen LogP contribution in [-0.4, -0.2) is 19.5 Å². The summed E-state index contributed by atoms with van der Waals surface area (Å²) in [4.78, 5) is 12.5. The lowest BCUT2D eigenvalue weighted by molar-refractivity contribution is -0.117. The lowest BCUT2D eigenvalue weighted by Gasteiger charge is -2.18. The summed E-state index contributed by atoms with van der Waals surface area (Å²) in [7, 11) is 1.90. The SMILES string of the molecule is CN(CCC(N)=O)c1cccc(N)c1. The molecular formula is C10H15N3O. The fourth-order valence-electron chi connectivity index (χ4n) is 1.17. The first-order valence-corrected chi connectivity index (χ1v) is 4.44. The van der Waals surface area contributed by atoms with E-state index in [4.69, 9.17) is 11.5 Å². The van der Waals surface area contributed by atoms with Crippen LogP contribution in [0, 0.1) is 0 Å². The highest BCUT2D eigenvalue weighted by atomic mass is 16.1. The van der Waals surface area contributed by atoms with Gasteiger partial charge in [0.05, 0.1) is 0 Å². The molecule has 0 spiro atoms. The van der Waals surface area contributed by atoms with Crippen LogP contribution in [0.5, 0.6) is 0 Å². The van der Waals surface area contributed by atoms with Crippen molar-refractivity contribution in [2.45, 2.75) is 6.42 Å². The monoisotopic (exact) mass is 193 g/mol. The van der Waals surface area contributed by atoms with Crippen molar-refractivity contribution in [1.82, 2.24) is 0 Å². The Kier molecular flexibility index (Phi) is 3.34. The van der Waals surface area contributed by atoms with Gasteiger partial charge in [-0.15, -0.1) is 0 Å². The number of hydrogen-bond acceptors (Lipinski definition) is 3. The van der Waals surface area contributed by atoms with Crippen molar-refractivity contribution in [2.24, 2.45) is 5.73 Å². The van der Waals surface area contributed by atoms with E-state index in [1.165, 1.54) is 0 Å². The van der Waals surface area contributed by atoms with Gasteiger partial charge in [0.2, 0.25) is 5.91 Å². The largest absolute Gasteiger partial charge is 0.399 e. The van der Waals surface area contributed by atoms with Crippen LogP contribution < -0.4 is 16.4 Å². The summed E-state index contributed by atoms with van der Waals surface area (Å²) in [5.74, 6) is -0.291. The van der Waals surface area contributed by atoms with E-state index in [0.717, 1.165) is 5.69 Å². The van der Waals surface area contributed by atoms with Gasteiger partial charge in [-0.1, -0.05) is 6.07 Å². The minimum absolute atomic E-state index is 0.291. The Labute approximate surface area is 83.5 Å². The third kappa shape index (κ3) is 2.97. The molecule has 0 radical (unpaired) electrons. The maximum absolute atomic E-state index is 10.6. The number of anilines is 2. The predicted molar refractivity (Wildman–Crippen MR) is 57.9 cm³/mol. The molecule has 1 amide bonds.